The molecule has 0 aliphatic rings. The number of nitrogens with one attached hydrogen (secondary N) is 1. The van der Waals surface area contributed by atoms with Gasteiger partial charge in [-0.1, -0.05) is 0 Å². The van der Waals surface area contributed by atoms with E-state index in [2.05, 4.69) is 4.72 Å². The molecule has 0 aliphatic carbocycles. The van der Waals surface area contributed by atoms with E-state index in [0.717, 1.165) is 12.1 Å². The molecule has 0 fully saturated rings. The number of hydrogen-bond donors (Lipinski definition) is 2. The molecule has 0 radical (unpaired) electrons. The summed E-state index contributed by atoms with van der Waals surface area (Å²) in [7, 11) is -2.23. The molecule has 1 rings (SSSR count). The molecule has 0 aromatic heterocycles. The van der Waals surface area contributed by atoms with Gasteiger partial charge in [-0.25, -0.2) is 17.5 Å². The molecule has 96 valence electrons. The smallest absolute Gasteiger partial charge is 0.240 e. The molecular formula is C10H15FN2O3S. The maximum atomic E-state index is 12.7. The molecular weight excluding hydrogens is 247 g/mol. The van der Waals surface area contributed by atoms with Crippen molar-refractivity contribution >= 4 is 10.0 Å². The number of rotatable bonds is 6. The van der Waals surface area contributed by atoms with Gasteiger partial charge >= 0.3 is 0 Å². The normalized spacial score (nSPS) is 13.6. The summed E-state index contributed by atoms with van der Waals surface area (Å²) in [5, 5.41) is 0. The topological polar surface area (TPSA) is 81.4 Å². The Labute approximate surface area is 99.8 Å². The largest absolute Gasteiger partial charge is 0.383 e. The molecule has 1 unspecified atom stereocenters. The molecule has 7 heteroatoms. The molecule has 0 saturated carbocycles. The minimum absolute atomic E-state index is 0.00606. The minimum Gasteiger partial charge on any atom is -0.383 e. The highest BCUT2D eigenvalue weighted by molar-refractivity contribution is 7.89. The number of nitrogens with two attached hydrogens (primary N) is 1. The fraction of sp³-hybridized carbons (Fsp3) is 0.400. The van der Waals surface area contributed by atoms with E-state index in [9.17, 15) is 12.8 Å². The van der Waals surface area contributed by atoms with Gasteiger partial charge in [0.25, 0.3) is 0 Å². The van der Waals surface area contributed by atoms with E-state index in [1.807, 2.05) is 0 Å². The molecule has 3 N–H and O–H groups in total. The van der Waals surface area contributed by atoms with Crippen LogP contribution >= 0.6 is 0 Å². The second-order valence-electron chi connectivity index (χ2n) is 3.46. The van der Waals surface area contributed by atoms with Gasteiger partial charge in [-0.3, -0.25) is 0 Å². The van der Waals surface area contributed by atoms with Crippen molar-refractivity contribution < 1.29 is 17.5 Å². The number of benzene rings is 1. The van der Waals surface area contributed by atoms with Crippen molar-refractivity contribution in [2.45, 2.75) is 10.9 Å². The zero-order valence-electron chi connectivity index (χ0n) is 9.39. The van der Waals surface area contributed by atoms with E-state index >= 15 is 0 Å². The van der Waals surface area contributed by atoms with Gasteiger partial charge in [0.15, 0.2) is 0 Å². The molecule has 1 aromatic rings. The lowest BCUT2D eigenvalue weighted by atomic mass is 10.3. The highest BCUT2D eigenvalue weighted by Gasteiger charge is 2.18. The molecule has 5 nitrogen and oxygen atoms in total. The Bertz CT molecular complexity index is 447. The highest BCUT2D eigenvalue weighted by Crippen LogP contribution is 2.10. The van der Waals surface area contributed by atoms with E-state index in [-0.39, 0.29) is 18.0 Å². The summed E-state index contributed by atoms with van der Waals surface area (Å²) in [6, 6.07) is 4.05. The van der Waals surface area contributed by atoms with E-state index in [0.29, 0.717) is 0 Å². The fourth-order valence-corrected chi connectivity index (χ4v) is 2.49. The Hall–Kier alpha value is -1.02. The number of ether oxygens (including phenoxy) is 1. The Morgan fingerprint density at radius 2 is 2.00 bits per heavy atom. The lowest BCUT2D eigenvalue weighted by molar-refractivity contribution is 0.177. The van der Waals surface area contributed by atoms with Crippen molar-refractivity contribution in [3.8, 4) is 0 Å². The summed E-state index contributed by atoms with van der Waals surface area (Å²) in [6.45, 7) is 0.297. The standard InChI is InChI=1S/C10H15FN2O3S/c1-16-7-9(6-12)13-17(14,15)10-4-2-8(11)3-5-10/h2-5,9,13H,6-7,12H2,1H3. The number of hydrogen-bond acceptors (Lipinski definition) is 4. The molecule has 0 amide bonds. The first-order valence-electron chi connectivity index (χ1n) is 4.96. The van der Waals surface area contributed by atoms with Crippen molar-refractivity contribution in [1.82, 2.24) is 4.72 Å². The first-order valence-corrected chi connectivity index (χ1v) is 6.45. The Morgan fingerprint density at radius 1 is 1.41 bits per heavy atom. The van der Waals surface area contributed by atoms with Gasteiger partial charge in [0, 0.05) is 13.7 Å². The minimum atomic E-state index is -3.69. The van der Waals surface area contributed by atoms with Crippen LogP contribution in [0.25, 0.3) is 0 Å². The van der Waals surface area contributed by atoms with Crippen LogP contribution in [0.4, 0.5) is 4.39 Å². The quantitative estimate of drug-likeness (QED) is 0.760. The van der Waals surface area contributed by atoms with Crippen molar-refractivity contribution in [3.05, 3.63) is 30.1 Å². The Balaban J connectivity index is 2.84. The van der Waals surface area contributed by atoms with Gasteiger partial charge in [0.2, 0.25) is 10.0 Å². The van der Waals surface area contributed by atoms with Gasteiger partial charge in [-0.2, -0.15) is 0 Å². The number of sulfonamides is 1. The Kier molecular flexibility index (Phi) is 5.01. The molecule has 1 atom stereocenters. The van der Waals surface area contributed by atoms with Crippen LogP contribution in [-0.2, 0) is 14.8 Å². The molecule has 0 bridgehead atoms. The van der Waals surface area contributed by atoms with Crippen LogP contribution in [0, 0.1) is 5.82 Å². The summed E-state index contributed by atoms with van der Waals surface area (Å²) < 4.78 is 43.6. The van der Waals surface area contributed by atoms with Crippen LogP contribution in [0.5, 0.6) is 0 Å². The Morgan fingerprint density at radius 3 is 2.47 bits per heavy atom. The SMILES string of the molecule is COCC(CN)NS(=O)(=O)c1ccc(F)cc1. The summed E-state index contributed by atoms with van der Waals surface area (Å²) >= 11 is 0. The summed E-state index contributed by atoms with van der Waals surface area (Å²) in [5.41, 5.74) is 5.40. The lowest BCUT2D eigenvalue weighted by Gasteiger charge is -2.15. The number of methoxy groups -OCH3 is 1. The van der Waals surface area contributed by atoms with Crippen molar-refractivity contribution in [2.75, 3.05) is 20.3 Å². The van der Waals surface area contributed by atoms with Crippen LogP contribution < -0.4 is 10.5 Å². The van der Waals surface area contributed by atoms with Crippen LogP contribution in [0.2, 0.25) is 0 Å². The van der Waals surface area contributed by atoms with Gasteiger partial charge in [-0.05, 0) is 24.3 Å². The van der Waals surface area contributed by atoms with Gasteiger partial charge < -0.3 is 10.5 Å². The first kappa shape index (κ1) is 14.0. The summed E-state index contributed by atoms with van der Waals surface area (Å²) in [5.74, 6) is -0.490. The van der Waals surface area contributed by atoms with Crippen molar-refractivity contribution in [1.29, 1.82) is 0 Å². The van der Waals surface area contributed by atoms with E-state index in [1.54, 1.807) is 0 Å². The average Bonchev–Trinajstić information content (AvgIpc) is 2.28. The maximum Gasteiger partial charge on any atom is 0.240 e. The van der Waals surface area contributed by atoms with E-state index in [1.165, 1.54) is 19.2 Å². The third-order valence-electron chi connectivity index (χ3n) is 2.10. The van der Waals surface area contributed by atoms with Gasteiger partial charge in [0.05, 0.1) is 17.5 Å². The molecule has 0 heterocycles. The number of halogens is 1. The third kappa shape index (κ3) is 4.04. The summed E-state index contributed by atoms with van der Waals surface area (Å²) in [6.07, 6.45) is 0. The monoisotopic (exact) mass is 262 g/mol. The van der Waals surface area contributed by atoms with E-state index < -0.39 is 21.9 Å². The fourth-order valence-electron chi connectivity index (χ4n) is 1.25. The van der Waals surface area contributed by atoms with Crippen LogP contribution in [0.15, 0.2) is 29.2 Å². The first-order chi connectivity index (χ1) is 7.99. The molecule has 0 saturated heterocycles. The third-order valence-corrected chi connectivity index (χ3v) is 3.63. The predicted octanol–water partition coefficient (Wildman–Crippen LogP) is 0.0777. The van der Waals surface area contributed by atoms with Crippen LogP contribution in [0.3, 0.4) is 0 Å². The maximum absolute atomic E-state index is 12.7. The molecule has 0 spiro atoms. The van der Waals surface area contributed by atoms with E-state index in [4.69, 9.17) is 10.5 Å². The zero-order valence-corrected chi connectivity index (χ0v) is 10.2. The molecule has 0 aliphatic heterocycles. The highest BCUT2D eigenvalue weighted by atomic mass is 32.2. The predicted molar refractivity (Wildman–Crippen MR) is 61.4 cm³/mol. The lowest BCUT2D eigenvalue weighted by Crippen LogP contribution is -2.43. The summed E-state index contributed by atoms with van der Waals surface area (Å²) in [4.78, 5) is -0.00606. The van der Waals surface area contributed by atoms with Gasteiger partial charge in [-0.15, -0.1) is 0 Å². The van der Waals surface area contributed by atoms with Crippen molar-refractivity contribution in [2.24, 2.45) is 5.73 Å². The molecule has 17 heavy (non-hydrogen) atoms. The zero-order chi connectivity index (χ0) is 12.9. The molecule has 1 aromatic carbocycles. The van der Waals surface area contributed by atoms with Gasteiger partial charge in [0.1, 0.15) is 5.82 Å². The second-order valence-corrected chi connectivity index (χ2v) is 5.18. The second kappa shape index (κ2) is 6.06. The average molecular weight is 262 g/mol. The van der Waals surface area contributed by atoms with Crippen LogP contribution in [0.1, 0.15) is 0 Å². The van der Waals surface area contributed by atoms with Crippen LogP contribution in [-0.4, -0.2) is 34.7 Å². The van der Waals surface area contributed by atoms with Crippen molar-refractivity contribution in [3.63, 3.8) is 0 Å².